The van der Waals surface area contributed by atoms with Crippen molar-refractivity contribution in [2.75, 3.05) is 7.11 Å². The van der Waals surface area contributed by atoms with Gasteiger partial charge in [0.2, 0.25) is 0 Å². The molecular weight excluding hydrogens is 190 g/mol. The second kappa shape index (κ2) is 5.03. The molecule has 3 heteroatoms. The van der Waals surface area contributed by atoms with E-state index in [1.807, 2.05) is 0 Å². The van der Waals surface area contributed by atoms with E-state index in [1.54, 1.807) is 25.3 Å². The smallest absolute Gasteiger partial charge is 0.120 e. The Kier molecular flexibility index (Phi) is 3.97. The van der Waals surface area contributed by atoms with Crippen LogP contribution in [0.25, 0.3) is 0 Å². The number of rotatable bonds is 4. The molecule has 0 aliphatic heterocycles. The summed E-state index contributed by atoms with van der Waals surface area (Å²) in [6, 6.07) is 5.00. The predicted molar refractivity (Wildman–Crippen MR) is 61.0 cm³/mol. The molecule has 1 unspecified atom stereocenters. The monoisotopic (exact) mass is 209 g/mol. The molecular formula is C12H19NO2. The van der Waals surface area contributed by atoms with Crippen molar-refractivity contribution in [2.24, 2.45) is 11.7 Å². The maximum Gasteiger partial charge on any atom is 0.120 e. The highest BCUT2D eigenvalue weighted by atomic mass is 16.5. The van der Waals surface area contributed by atoms with Crippen molar-refractivity contribution in [3.05, 3.63) is 23.8 Å². The maximum atomic E-state index is 9.71. The van der Waals surface area contributed by atoms with Gasteiger partial charge in [0.25, 0.3) is 0 Å². The number of nitrogens with two attached hydrogens (primary N) is 1. The Bertz CT molecular complexity index is 325. The van der Waals surface area contributed by atoms with Crippen LogP contribution in [-0.2, 0) is 0 Å². The normalized spacial score (nSPS) is 14.7. The molecule has 0 saturated carbocycles. The third-order valence-electron chi connectivity index (χ3n) is 2.85. The van der Waals surface area contributed by atoms with Gasteiger partial charge in [-0.05, 0) is 24.1 Å². The highest BCUT2D eigenvalue weighted by molar-refractivity contribution is 5.41. The first-order valence-corrected chi connectivity index (χ1v) is 5.22. The van der Waals surface area contributed by atoms with Crippen molar-refractivity contribution < 1.29 is 9.84 Å². The molecule has 0 saturated heterocycles. The fraction of sp³-hybridized carbons (Fsp3) is 0.500. The molecule has 0 radical (unpaired) electrons. The van der Waals surface area contributed by atoms with E-state index >= 15 is 0 Å². The first-order valence-electron chi connectivity index (χ1n) is 5.22. The molecule has 3 N–H and O–H groups in total. The first-order chi connectivity index (χ1) is 7.10. The van der Waals surface area contributed by atoms with Gasteiger partial charge in [-0.2, -0.15) is 0 Å². The zero-order chi connectivity index (χ0) is 11.4. The Morgan fingerprint density at radius 1 is 1.47 bits per heavy atom. The van der Waals surface area contributed by atoms with Gasteiger partial charge in [-0.25, -0.2) is 0 Å². The molecule has 1 aromatic rings. The molecule has 0 spiro atoms. The molecule has 1 aromatic carbocycles. The molecule has 0 aliphatic rings. The minimum Gasteiger partial charge on any atom is -0.508 e. The number of hydrogen-bond acceptors (Lipinski definition) is 3. The quantitative estimate of drug-likeness (QED) is 0.800. The van der Waals surface area contributed by atoms with Crippen molar-refractivity contribution in [2.45, 2.75) is 26.3 Å². The summed E-state index contributed by atoms with van der Waals surface area (Å²) in [5.41, 5.74) is 6.81. The Hall–Kier alpha value is -1.22. The van der Waals surface area contributed by atoms with E-state index in [-0.39, 0.29) is 11.8 Å². The van der Waals surface area contributed by atoms with E-state index in [2.05, 4.69) is 13.8 Å². The number of phenols is 1. The van der Waals surface area contributed by atoms with Crippen LogP contribution < -0.4 is 10.5 Å². The van der Waals surface area contributed by atoms with Crippen molar-refractivity contribution >= 4 is 0 Å². The fourth-order valence-electron chi connectivity index (χ4n) is 1.49. The fourth-order valence-corrected chi connectivity index (χ4v) is 1.49. The molecule has 0 fully saturated rings. The lowest BCUT2D eigenvalue weighted by molar-refractivity contribution is 0.398. The van der Waals surface area contributed by atoms with Gasteiger partial charge < -0.3 is 15.6 Å². The minimum absolute atomic E-state index is 0.148. The molecule has 0 heterocycles. The number of phenolic OH excluding ortho intramolecular Hbond substituents is 1. The van der Waals surface area contributed by atoms with Crippen molar-refractivity contribution in [3.8, 4) is 11.5 Å². The van der Waals surface area contributed by atoms with Crippen LogP contribution in [0.15, 0.2) is 18.2 Å². The van der Waals surface area contributed by atoms with Crippen LogP contribution in [-0.4, -0.2) is 12.2 Å². The van der Waals surface area contributed by atoms with Gasteiger partial charge >= 0.3 is 0 Å². The highest BCUT2D eigenvalue weighted by Crippen LogP contribution is 2.31. The summed E-state index contributed by atoms with van der Waals surface area (Å²) in [4.78, 5) is 0. The van der Waals surface area contributed by atoms with Gasteiger partial charge in [0.15, 0.2) is 0 Å². The van der Waals surface area contributed by atoms with E-state index in [9.17, 15) is 5.11 Å². The molecule has 2 atom stereocenters. The Morgan fingerprint density at radius 2 is 2.13 bits per heavy atom. The van der Waals surface area contributed by atoms with E-state index in [1.165, 1.54) is 0 Å². The van der Waals surface area contributed by atoms with Gasteiger partial charge in [-0.15, -0.1) is 0 Å². The van der Waals surface area contributed by atoms with Crippen LogP contribution in [0.2, 0.25) is 0 Å². The summed E-state index contributed by atoms with van der Waals surface area (Å²) >= 11 is 0. The van der Waals surface area contributed by atoms with Gasteiger partial charge in [-0.1, -0.05) is 20.3 Å². The number of methoxy groups -OCH3 is 1. The van der Waals surface area contributed by atoms with Gasteiger partial charge in [0.1, 0.15) is 11.5 Å². The van der Waals surface area contributed by atoms with E-state index in [4.69, 9.17) is 10.5 Å². The van der Waals surface area contributed by atoms with Crippen molar-refractivity contribution in [3.63, 3.8) is 0 Å². The molecule has 0 bridgehead atoms. The lowest BCUT2D eigenvalue weighted by Gasteiger charge is -2.20. The first kappa shape index (κ1) is 11.9. The van der Waals surface area contributed by atoms with Gasteiger partial charge in [0.05, 0.1) is 7.11 Å². The average molecular weight is 209 g/mol. The zero-order valence-electron chi connectivity index (χ0n) is 9.53. The second-order valence-electron chi connectivity index (χ2n) is 3.84. The zero-order valence-corrected chi connectivity index (χ0v) is 9.53. The van der Waals surface area contributed by atoms with E-state index in [0.29, 0.717) is 5.92 Å². The summed E-state index contributed by atoms with van der Waals surface area (Å²) in [5.74, 6) is 1.30. The second-order valence-corrected chi connectivity index (χ2v) is 3.84. The third-order valence-corrected chi connectivity index (χ3v) is 2.85. The molecule has 1 rings (SSSR count). The third kappa shape index (κ3) is 2.63. The number of ether oxygens (including phenoxy) is 1. The lowest BCUT2D eigenvalue weighted by Crippen LogP contribution is -2.18. The summed E-state index contributed by atoms with van der Waals surface area (Å²) in [5, 5.41) is 9.71. The Morgan fingerprint density at radius 3 is 2.67 bits per heavy atom. The SMILES string of the molecule is CCC(C)[C@H](N)c1cc(OC)ccc1O. The summed E-state index contributed by atoms with van der Waals surface area (Å²) in [7, 11) is 1.60. The van der Waals surface area contributed by atoms with Crippen LogP contribution >= 0.6 is 0 Å². The van der Waals surface area contributed by atoms with Crippen LogP contribution in [0.1, 0.15) is 31.9 Å². The number of hydrogen-bond donors (Lipinski definition) is 2. The van der Waals surface area contributed by atoms with Gasteiger partial charge in [0, 0.05) is 11.6 Å². The van der Waals surface area contributed by atoms with Crippen LogP contribution in [0, 0.1) is 5.92 Å². The van der Waals surface area contributed by atoms with Crippen molar-refractivity contribution in [1.29, 1.82) is 0 Å². The Balaban J connectivity index is 3.01. The summed E-state index contributed by atoms with van der Waals surface area (Å²) in [6.45, 7) is 4.16. The number of benzene rings is 1. The van der Waals surface area contributed by atoms with Crippen LogP contribution in [0.5, 0.6) is 11.5 Å². The Labute approximate surface area is 90.9 Å². The van der Waals surface area contributed by atoms with Gasteiger partial charge in [-0.3, -0.25) is 0 Å². The molecule has 15 heavy (non-hydrogen) atoms. The predicted octanol–water partition coefficient (Wildman–Crippen LogP) is 2.45. The lowest BCUT2D eigenvalue weighted by atomic mass is 9.92. The minimum atomic E-state index is -0.148. The topological polar surface area (TPSA) is 55.5 Å². The molecule has 84 valence electrons. The molecule has 0 aromatic heterocycles. The molecule has 0 amide bonds. The molecule has 0 aliphatic carbocycles. The average Bonchev–Trinajstić information content (AvgIpc) is 2.27. The standard InChI is InChI=1S/C12H19NO2/c1-4-8(2)12(13)10-7-9(15-3)5-6-11(10)14/h5-8,12,14H,4,13H2,1-3H3/t8?,12-/m0/s1. The van der Waals surface area contributed by atoms with Crippen LogP contribution in [0.4, 0.5) is 0 Å². The molecule has 3 nitrogen and oxygen atoms in total. The number of aromatic hydroxyl groups is 1. The largest absolute Gasteiger partial charge is 0.508 e. The van der Waals surface area contributed by atoms with Crippen molar-refractivity contribution in [1.82, 2.24) is 0 Å². The summed E-state index contributed by atoms with van der Waals surface area (Å²) in [6.07, 6.45) is 0.984. The maximum absolute atomic E-state index is 9.71. The van der Waals surface area contributed by atoms with E-state index in [0.717, 1.165) is 17.7 Å². The van der Waals surface area contributed by atoms with Crippen LogP contribution in [0.3, 0.4) is 0 Å². The van der Waals surface area contributed by atoms with E-state index < -0.39 is 0 Å². The summed E-state index contributed by atoms with van der Waals surface area (Å²) < 4.78 is 5.11. The highest BCUT2D eigenvalue weighted by Gasteiger charge is 2.17.